The van der Waals surface area contributed by atoms with Gasteiger partial charge in [-0.1, -0.05) is 12.1 Å². The lowest BCUT2D eigenvalue weighted by atomic mass is 10.1. The first-order valence-corrected chi connectivity index (χ1v) is 8.02. The lowest BCUT2D eigenvalue weighted by molar-refractivity contribution is -0.116. The Morgan fingerprint density at radius 2 is 1.72 bits per heavy atom. The molecule has 0 radical (unpaired) electrons. The second-order valence-electron chi connectivity index (χ2n) is 5.40. The molecule has 0 heterocycles. The topological polar surface area (TPSA) is 90.7 Å². The van der Waals surface area contributed by atoms with Gasteiger partial charge < -0.3 is 20.5 Å². The van der Waals surface area contributed by atoms with Gasteiger partial charge in [-0.2, -0.15) is 0 Å². The lowest BCUT2D eigenvalue weighted by Gasteiger charge is -2.08. The van der Waals surface area contributed by atoms with Crippen LogP contribution in [0.5, 0.6) is 5.75 Å². The minimum atomic E-state index is -0.372. The number of amides is 1. The molecule has 0 bridgehead atoms. The van der Waals surface area contributed by atoms with E-state index in [9.17, 15) is 9.59 Å². The van der Waals surface area contributed by atoms with Crippen LogP contribution in [0.4, 0.5) is 5.69 Å². The Morgan fingerprint density at radius 1 is 1.04 bits per heavy atom. The number of anilines is 1. The van der Waals surface area contributed by atoms with Crippen LogP contribution in [0.25, 0.3) is 0 Å². The summed E-state index contributed by atoms with van der Waals surface area (Å²) < 4.78 is 10.0. The van der Waals surface area contributed by atoms with Crippen LogP contribution in [0.15, 0.2) is 48.5 Å². The highest BCUT2D eigenvalue weighted by atomic mass is 16.5. The summed E-state index contributed by atoms with van der Waals surface area (Å²) in [5, 5.41) is 2.84. The molecule has 2 aromatic carbocycles. The summed E-state index contributed by atoms with van der Waals surface area (Å²) in [6.07, 6.45) is 0.938. The first kappa shape index (κ1) is 18.5. The Morgan fingerprint density at radius 3 is 2.32 bits per heavy atom. The second kappa shape index (κ2) is 9.44. The van der Waals surface area contributed by atoms with Gasteiger partial charge in [-0.05, 0) is 48.4 Å². The number of methoxy groups -OCH3 is 1. The number of nitrogens with one attached hydrogen (secondary N) is 1. The molecule has 25 heavy (non-hydrogen) atoms. The van der Waals surface area contributed by atoms with Crippen LogP contribution in [-0.4, -0.2) is 32.1 Å². The van der Waals surface area contributed by atoms with E-state index < -0.39 is 0 Å². The average molecular weight is 342 g/mol. The molecule has 0 aliphatic heterocycles. The van der Waals surface area contributed by atoms with Gasteiger partial charge in [-0.25, -0.2) is 4.79 Å². The van der Waals surface area contributed by atoms with Crippen LogP contribution in [0.1, 0.15) is 22.3 Å². The van der Waals surface area contributed by atoms with Crippen molar-refractivity contribution in [3.8, 4) is 5.75 Å². The molecule has 2 rings (SSSR count). The van der Waals surface area contributed by atoms with Crippen molar-refractivity contribution < 1.29 is 19.1 Å². The van der Waals surface area contributed by atoms with Crippen molar-refractivity contribution in [1.29, 1.82) is 0 Å². The van der Waals surface area contributed by atoms with Crippen LogP contribution in [-0.2, 0) is 16.0 Å². The highest BCUT2D eigenvalue weighted by molar-refractivity contribution is 5.91. The number of ether oxygens (including phenoxy) is 2. The largest absolute Gasteiger partial charge is 0.492 e. The van der Waals surface area contributed by atoms with Gasteiger partial charge in [0.15, 0.2) is 0 Å². The van der Waals surface area contributed by atoms with Gasteiger partial charge in [-0.15, -0.1) is 0 Å². The Kier molecular flexibility index (Phi) is 6.98. The van der Waals surface area contributed by atoms with Crippen molar-refractivity contribution in [2.45, 2.75) is 12.8 Å². The van der Waals surface area contributed by atoms with E-state index in [1.165, 1.54) is 7.11 Å². The summed E-state index contributed by atoms with van der Waals surface area (Å²) >= 11 is 0. The van der Waals surface area contributed by atoms with E-state index in [1.807, 2.05) is 12.1 Å². The van der Waals surface area contributed by atoms with Gasteiger partial charge in [0.25, 0.3) is 0 Å². The number of carbonyl (C=O) groups is 2. The first-order chi connectivity index (χ1) is 12.1. The first-order valence-electron chi connectivity index (χ1n) is 8.02. The third-order valence-corrected chi connectivity index (χ3v) is 3.54. The van der Waals surface area contributed by atoms with E-state index in [0.29, 0.717) is 43.0 Å². The SMILES string of the molecule is COC(=O)c1ccc(CCC(=O)Nc2ccc(OCCN)cc2)cc1. The molecule has 0 aliphatic carbocycles. The van der Waals surface area contributed by atoms with Gasteiger partial charge in [0, 0.05) is 18.7 Å². The van der Waals surface area contributed by atoms with Gasteiger partial charge >= 0.3 is 5.97 Å². The normalized spacial score (nSPS) is 10.2. The van der Waals surface area contributed by atoms with Gasteiger partial charge in [0.05, 0.1) is 12.7 Å². The number of rotatable bonds is 8. The van der Waals surface area contributed by atoms with E-state index in [4.69, 9.17) is 10.5 Å². The van der Waals surface area contributed by atoms with Crippen molar-refractivity contribution in [1.82, 2.24) is 0 Å². The lowest BCUT2D eigenvalue weighted by Crippen LogP contribution is -2.13. The molecule has 6 nitrogen and oxygen atoms in total. The molecule has 1 amide bonds. The Labute approximate surface area is 146 Å². The number of carbonyl (C=O) groups excluding carboxylic acids is 2. The van der Waals surface area contributed by atoms with E-state index in [0.717, 1.165) is 5.56 Å². The second-order valence-corrected chi connectivity index (χ2v) is 5.40. The summed E-state index contributed by atoms with van der Waals surface area (Å²) in [6.45, 7) is 0.916. The molecule has 0 aliphatic rings. The number of nitrogens with two attached hydrogens (primary N) is 1. The monoisotopic (exact) mass is 342 g/mol. The Balaban J connectivity index is 1.81. The molecule has 3 N–H and O–H groups in total. The fraction of sp³-hybridized carbons (Fsp3) is 0.263. The predicted molar refractivity (Wildman–Crippen MR) is 95.7 cm³/mol. The smallest absolute Gasteiger partial charge is 0.337 e. The zero-order valence-electron chi connectivity index (χ0n) is 14.2. The van der Waals surface area contributed by atoms with Gasteiger partial charge in [-0.3, -0.25) is 4.79 Å². The van der Waals surface area contributed by atoms with Crippen molar-refractivity contribution in [3.05, 3.63) is 59.7 Å². The fourth-order valence-electron chi connectivity index (χ4n) is 2.22. The molecule has 2 aromatic rings. The Bertz CT molecular complexity index is 696. The van der Waals surface area contributed by atoms with E-state index in [2.05, 4.69) is 10.1 Å². The van der Waals surface area contributed by atoms with Crippen molar-refractivity contribution in [2.75, 3.05) is 25.6 Å². The fourth-order valence-corrected chi connectivity index (χ4v) is 2.22. The third kappa shape index (κ3) is 5.93. The number of aryl methyl sites for hydroxylation is 1. The quantitative estimate of drug-likeness (QED) is 0.719. The van der Waals surface area contributed by atoms with Crippen LogP contribution in [0, 0.1) is 0 Å². The highest BCUT2D eigenvalue weighted by Crippen LogP contribution is 2.16. The van der Waals surface area contributed by atoms with Crippen molar-refractivity contribution >= 4 is 17.6 Å². The van der Waals surface area contributed by atoms with Crippen molar-refractivity contribution in [3.63, 3.8) is 0 Å². The molecule has 0 spiro atoms. The standard InChI is InChI=1S/C19H22N2O4/c1-24-19(23)15-5-2-14(3-6-15)4-11-18(22)21-16-7-9-17(10-8-16)25-13-12-20/h2-3,5-10H,4,11-13,20H2,1H3,(H,21,22). The molecule has 132 valence electrons. The zero-order valence-corrected chi connectivity index (χ0v) is 14.2. The number of benzene rings is 2. The maximum absolute atomic E-state index is 12.0. The van der Waals surface area contributed by atoms with Crippen LogP contribution >= 0.6 is 0 Å². The molecule has 0 fully saturated rings. The van der Waals surface area contributed by atoms with Gasteiger partial charge in [0.2, 0.25) is 5.91 Å². The predicted octanol–water partition coefficient (Wildman–Crippen LogP) is 2.38. The molecule has 0 aromatic heterocycles. The minimum Gasteiger partial charge on any atom is -0.492 e. The van der Waals surface area contributed by atoms with E-state index >= 15 is 0 Å². The van der Waals surface area contributed by atoms with E-state index in [1.54, 1.807) is 36.4 Å². The summed E-state index contributed by atoms with van der Waals surface area (Å²) in [4.78, 5) is 23.4. The molecular formula is C19H22N2O4. The number of hydrogen-bond donors (Lipinski definition) is 2. The molecule has 6 heteroatoms. The van der Waals surface area contributed by atoms with Crippen LogP contribution in [0.2, 0.25) is 0 Å². The van der Waals surface area contributed by atoms with Crippen molar-refractivity contribution in [2.24, 2.45) is 5.73 Å². The van der Waals surface area contributed by atoms with E-state index in [-0.39, 0.29) is 11.9 Å². The van der Waals surface area contributed by atoms with Gasteiger partial charge in [0.1, 0.15) is 12.4 Å². The summed E-state index contributed by atoms with van der Waals surface area (Å²) in [6, 6.07) is 14.2. The molecule has 0 atom stereocenters. The maximum Gasteiger partial charge on any atom is 0.337 e. The highest BCUT2D eigenvalue weighted by Gasteiger charge is 2.06. The zero-order chi connectivity index (χ0) is 18.1. The maximum atomic E-state index is 12.0. The van der Waals surface area contributed by atoms with Crippen LogP contribution < -0.4 is 15.8 Å². The Hall–Kier alpha value is -2.86. The number of hydrogen-bond acceptors (Lipinski definition) is 5. The third-order valence-electron chi connectivity index (χ3n) is 3.54. The average Bonchev–Trinajstić information content (AvgIpc) is 2.65. The molecular weight excluding hydrogens is 320 g/mol. The summed E-state index contributed by atoms with van der Waals surface area (Å²) in [7, 11) is 1.34. The minimum absolute atomic E-state index is 0.0762. The number of esters is 1. The molecule has 0 saturated carbocycles. The summed E-state index contributed by atoms with van der Waals surface area (Å²) in [5.41, 5.74) is 7.57. The van der Waals surface area contributed by atoms with Crippen LogP contribution in [0.3, 0.4) is 0 Å². The summed E-state index contributed by atoms with van der Waals surface area (Å²) in [5.74, 6) is 0.269. The molecule has 0 unspecified atom stereocenters. The molecule has 0 saturated heterocycles.